The maximum Gasteiger partial charge on any atom is 0.114 e. The van der Waals surface area contributed by atoms with Crippen molar-refractivity contribution in [2.24, 2.45) is 0 Å². The Hall–Kier alpha value is -1.24. The zero-order valence-corrected chi connectivity index (χ0v) is 9.25. The number of hydrogen-bond donors (Lipinski definition) is 1. The molecule has 0 saturated heterocycles. The van der Waals surface area contributed by atoms with E-state index in [-0.39, 0.29) is 5.76 Å². The Kier molecular flexibility index (Phi) is 30.6. The molecule has 13 heavy (non-hydrogen) atoms. The SMILES string of the molecule is C=C/C(O)=C\C=C/C.C=CC.CC. The van der Waals surface area contributed by atoms with Gasteiger partial charge in [0.25, 0.3) is 0 Å². The van der Waals surface area contributed by atoms with Gasteiger partial charge in [0.05, 0.1) is 0 Å². The van der Waals surface area contributed by atoms with Crippen molar-refractivity contribution in [3.63, 3.8) is 0 Å². The lowest BCUT2D eigenvalue weighted by molar-refractivity contribution is 0.433. The highest BCUT2D eigenvalue weighted by molar-refractivity contribution is 5.14. The Bertz CT molecular complexity index is 153. The van der Waals surface area contributed by atoms with Crippen LogP contribution in [-0.4, -0.2) is 5.11 Å². The quantitative estimate of drug-likeness (QED) is 0.381. The van der Waals surface area contributed by atoms with Gasteiger partial charge in [0.15, 0.2) is 0 Å². The summed E-state index contributed by atoms with van der Waals surface area (Å²) in [5.74, 6) is 0.197. The second-order valence-corrected chi connectivity index (χ2v) is 1.73. The summed E-state index contributed by atoms with van der Waals surface area (Å²) >= 11 is 0. The van der Waals surface area contributed by atoms with Gasteiger partial charge in [-0.05, 0) is 26.0 Å². The van der Waals surface area contributed by atoms with E-state index in [0.717, 1.165) is 0 Å². The highest BCUT2D eigenvalue weighted by Crippen LogP contribution is 1.87. The lowest BCUT2D eigenvalue weighted by atomic mass is 10.4. The second-order valence-electron chi connectivity index (χ2n) is 1.73. The third-order valence-corrected chi connectivity index (χ3v) is 0.669. The average molecular weight is 182 g/mol. The van der Waals surface area contributed by atoms with E-state index in [0.29, 0.717) is 0 Å². The molecule has 0 radical (unpaired) electrons. The van der Waals surface area contributed by atoms with Crippen LogP contribution in [0.3, 0.4) is 0 Å². The fraction of sp³-hybridized carbons (Fsp3) is 0.333. The first-order valence-corrected chi connectivity index (χ1v) is 4.44. The van der Waals surface area contributed by atoms with Crippen molar-refractivity contribution < 1.29 is 5.11 Å². The zero-order chi connectivity index (χ0) is 11.1. The lowest BCUT2D eigenvalue weighted by Crippen LogP contribution is -1.66. The summed E-state index contributed by atoms with van der Waals surface area (Å²) in [4.78, 5) is 0. The van der Waals surface area contributed by atoms with Crippen molar-refractivity contribution in [2.45, 2.75) is 27.7 Å². The van der Waals surface area contributed by atoms with Gasteiger partial charge in [-0.25, -0.2) is 0 Å². The Labute approximate surface area is 82.8 Å². The largest absolute Gasteiger partial charge is 0.508 e. The first kappa shape index (κ1) is 17.7. The number of rotatable bonds is 2. The maximum absolute atomic E-state index is 8.68. The van der Waals surface area contributed by atoms with Gasteiger partial charge in [-0.3, -0.25) is 0 Å². The van der Waals surface area contributed by atoms with Crippen LogP contribution in [0.2, 0.25) is 0 Å². The molecule has 0 bridgehead atoms. The molecule has 0 heterocycles. The van der Waals surface area contributed by atoms with Crippen molar-refractivity contribution in [1.29, 1.82) is 0 Å². The topological polar surface area (TPSA) is 20.2 Å². The first-order valence-electron chi connectivity index (χ1n) is 4.44. The summed E-state index contributed by atoms with van der Waals surface area (Å²) in [6.45, 7) is 14.5. The van der Waals surface area contributed by atoms with Crippen molar-refractivity contribution in [2.75, 3.05) is 0 Å². The van der Waals surface area contributed by atoms with Crippen LogP contribution in [-0.2, 0) is 0 Å². The van der Waals surface area contributed by atoms with E-state index >= 15 is 0 Å². The molecule has 0 unspecified atom stereocenters. The van der Waals surface area contributed by atoms with E-state index in [2.05, 4.69) is 13.2 Å². The minimum absolute atomic E-state index is 0.197. The van der Waals surface area contributed by atoms with Gasteiger partial charge in [-0.2, -0.15) is 0 Å². The first-order chi connectivity index (χ1) is 6.22. The van der Waals surface area contributed by atoms with E-state index in [1.165, 1.54) is 6.08 Å². The van der Waals surface area contributed by atoms with Crippen LogP contribution in [0.5, 0.6) is 0 Å². The Balaban J connectivity index is -0.000000169. The Morgan fingerprint density at radius 1 is 1.15 bits per heavy atom. The molecule has 0 aliphatic heterocycles. The van der Waals surface area contributed by atoms with Crippen molar-refractivity contribution in [3.8, 4) is 0 Å². The number of aliphatic hydroxyl groups is 1. The van der Waals surface area contributed by atoms with Gasteiger partial charge in [0.2, 0.25) is 0 Å². The average Bonchev–Trinajstić information content (AvgIpc) is 2.18. The molecular formula is C12H22O. The summed E-state index contributed by atoms with van der Waals surface area (Å²) in [5, 5.41) is 8.68. The highest BCUT2D eigenvalue weighted by Gasteiger charge is 1.73. The van der Waals surface area contributed by atoms with E-state index in [1.54, 1.807) is 18.2 Å². The maximum atomic E-state index is 8.68. The smallest absolute Gasteiger partial charge is 0.114 e. The second kappa shape index (κ2) is 22.4. The van der Waals surface area contributed by atoms with E-state index < -0.39 is 0 Å². The molecule has 0 aromatic rings. The minimum atomic E-state index is 0.197. The van der Waals surface area contributed by atoms with E-state index in [9.17, 15) is 0 Å². The molecule has 1 nitrogen and oxygen atoms in total. The van der Waals surface area contributed by atoms with Crippen LogP contribution < -0.4 is 0 Å². The molecule has 0 aliphatic carbocycles. The molecule has 76 valence electrons. The predicted molar refractivity (Wildman–Crippen MR) is 62.9 cm³/mol. The van der Waals surface area contributed by atoms with Crippen molar-refractivity contribution in [3.05, 3.63) is 49.3 Å². The van der Waals surface area contributed by atoms with Crippen LogP contribution in [0.25, 0.3) is 0 Å². The number of allylic oxidation sites excluding steroid dienone is 5. The van der Waals surface area contributed by atoms with Crippen molar-refractivity contribution in [1.82, 2.24) is 0 Å². The lowest BCUT2D eigenvalue weighted by Gasteiger charge is -1.81. The van der Waals surface area contributed by atoms with Gasteiger partial charge in [-0.1, -0.05) is 38.7 Å². The van der Waals surface area contributed by atoms with Crippen LogP contribution in [0.4, 0.5) is 0 Å². The molecule has 0 atom stereocenters. The van der Waals surface area contributed by atoms with E-state index in [1.807, 2.05) is 33.8 Å². The monoisotopic (exact) mass is 182 g/mol. The highest BCUT2D eigenvalue weighted by atomic mass is 16.3. The molecule has 0 aromatic heterocycles. The van der Waals surface area contributed by atoms with Gasteiger partial charge < -0.3 is 5.11 Å². The molecule has 0 aliphatic rings. The fourth-order valence-electron chi connectivity index (χ4n) is 0.263. The van der Waals surface area contributed by atoms with Crippen LogP contribution in [0.15, 0.2) is 49.3 Å². The van der Waals surface area contributed by atoms with Crippen LogP contribution in [0.1, 0.15) is 27.7 Å². The molecule has 0 rings (SSSR count). The molecule has 0 saturated carbocycles. The van der Waals surface area contributed by atoms with Crippen LogP contribution >= 0.6 is 0 Å². The van der Waals surface area contributed by atoms with E-state index in [4.69, 9.17) is 5.11 Å². The molecule has 1 N–H and O–H groups in total. The summed E-state index contributed by atoms with van der Waals surface area (Å²) in [7, 11) is 0. The molecule has 0 aromatic carbocycles. The molecule has 0 fully saturated rings. The summed E-state index contributed by atoms with van der Waals surface area (Å²) in [6, 6.07) is 0. The zero-order valence-electron chi connectivity index (χ0n) is 9.25. The predicted octanol–water partition coefficient (Wildman–Crippen LogP) is 4.41. The molecule has 0 amide bonds. The summed E-state index contributed by atoms with van der Waals surface area (Å²) in [5.41, 5.74) is 0. The molecule has 0 spiro atoms. The molecule has 1 heteroatoms. The Morgan fingerprint density at radius 2 is 1.54 bits per heavy atom. The van der Waals surface area contributed by atoms with Gasteiger partial charge in [-0.15, -0.1) is 6.58 Å². The van der Waals surface area contributed by atoms with Gasteiger partial charge in [0.1, 0.15) is 5.76 Å². The number of aliphatic hydroxyl groups excluding tert-OH is 1. The number of hydrogen-bond acceptors (Lipinski definition) is 1. The third kappa shape index (κ3) is 36.4. The third-order valence-electron chi connectivity index (χ3n) is 0.669. The summed E-state index contributed by atoms with van der Waals surface area (Å²) < 4.78 is 0. The van der Waals surface area contributed by atoms with Crippen molar-refractivity contribution >= 4 is 0 Å². The molecular weight excluding hydrogens is 160 g/mol. The standard InChI is InChI=1S/C7H10O.C3H6.C2H6/c1-3-5-6-7(8)4-2;1-3-2;1-2/h3-6,8H,2H2,1H3;3H,1H2,2H3;1-2H3/b5-3-,7-6+;;. The van der Waals surface area contributed by atoms with Gasteiger partial charge in [0, 0.05) is 0 Å². The van der Waals surface area contributed by atoms with Gasteiger partial charge >= 0.3 is 0 Å². The minimum Gasteiger partial charge on any atom is -0.508 e. The normalized spacial score (nSPS) is 9.08. The fourth-order valence-corrected chi connectivity index (χ4v) is 0.263. The summed E-state index contributed by atoms with van der Waals surface area (Å²) in [6.07, 6.45) is 8.30. The Morgan fingerprint density at radius 3 is 1.77 bits per heavy atom. The van der Waals surface area contributed by atoms with Crippen LogP contribution in [0, 0.1) is 0 Å².